The lowest BCUT2D eigenvalue weighted by molar-refractivity contribution is -0.262. The molecule has 6 rings (SSSR count). The molecule has 3 saturated heterocycles. The van der Waals surface area contributed by atoms with Gasteiger partial charge in [-0.25, -0.2) is 4.90 Å². The van der Waals surface area contributed by atoms with E-state index in [-0.39, 0.29) is 30.0 Å². The Bertz CT molecular complexity index is 1060. The van der Waals surface area contributed by atoms with E-state index >= 15 is 0 Å². The molecular formula is C21H25N5O3. The number of nitriles is 1. The predicted molar refractivity (Wildman–Crippen MR) is 107 cm³/mol. The van der Waals surface area contributed by atoms with Gasteiger partial charge < -0.3 is 14.8 Å². The first-order valence-corrected chi connectivity index (χ1v) is 10.1. The number of aromatic hydroxyl groups is 1. The molecular weight excluding hydrogens is 370 g/mol. The standard InChI is InChI=1S/C21H25N5O3/c1-11(23-21-25-9-14(8-22)20(29-2)26(21)10-25)15-5-13-6-18(27)16(12-3-4-12)7-17(13)24-19(15)28/h5-7,11-12,14,20-21,23,27H,3-4,9-10H2,1-2H3,(H,24,28)/t11-,14?,20?,21?/m0/s1. The number of rotatable bonds is 5. The molecule has 4 heterocycles. The predicted octanol–water partition coefficient (Wildman–Crippen LogP) is 1.75. The number of pyridine rings is 1. The van der Waals surface area contributed by atoms with Crippen LogP contribution in [0.4, 0.5) is 0 Å². The van der Waals surface area contributed by atoms with Crippen LogP contribution in [0.25, 0.3) is 10.9 Å². The number of phenolic OH excluding ortho intramolecular Hbond substituents is 1. The molecule has 1 aliphatic carbocycles. The van der Waals surface area contributed by atoms with Crippen molar-refractivity contribution in [3.8, 4) is 11.8 Å². The van der Waals surface area contributed by atoms with Crippen LogP contribution in [0.2, 0.25) is 0 Å². The molecule has 0 spiro atoms. The Kier molecular flexibility index (Phi) is 4.37. The molecule has 1 aromatic carbocycles. The number of nitrogens with zero attached hydrogens (tertiary/aromatic N) is 3. The molecule has 4 aliphatic rings. The third-order valence-corrected chi connectivity index (χ3v) is 6.42. The third kappa shape index (κ3) is 3.02. The summed E-state index contributed by atoms with van der Waals surface area (Å²) in [4.78, 5) is 20.0. The van der Waals surface area contributed by atoms with Crippen LogP contribution in [0.5, 0.6) is 5.75 Å². The van der Waals surface area contributed by atoms with Gasteiger partial charge in [0.25, 0.3) is 5.56 Å². The van der Waals surface area contributed by atoms with Crippen molar-refractivity contribution in [1.82, 2.24) is 20.1 Å². The highest BCUT2D eigenvalue weighted by atomic mass is 16.5. The van der Waals surface area contributed by atoms with E-state index in [0.29, 0.717) is 23.8 Å². The second-order valence-corrected chi connectivity index (χ2v) is 8.38. The van der Waals surface area contributed by atoms with Crippen LogP contribution in [0.15, 0.2) is 23.0 Å². The second kappa shape index (κ2) is 6.82. The lowest BCUT2D eigenvalue weighted by Crippen LogP contribution is -2.78. The van der Waals surface area contributed by atoms with Crippen LogP contribution in [0, 0.1) is 17.2 Å². The number of phenols is 1. The number of fused-ring (bicyclic) bond motifs is 3. The summed E-state index contributed by atoms with van der Waals surface area (Å²) in [5.41, 5.74) is 2.18. The molecule has 2 bridgehead atoms. The molecule has 0 amide bonds. The van der Waals surface area contributed by atoms with Crippen molar-refractivity contribution in [3.05, 3.63) is 39.7 Å². The summed E-state index contributed by atoms with van der Waals surface area (Å²) in [6, 6.07) is 7.61. The summed E-state index contributed by atoms with van der Waals surface area (Å²) in [7, 11) is 1.62. The number of methoxy groups -OCH3 is 1. The normalized spacial score (nSPS) is 31.8. The van der Waals surface area contributed by atoms with Gasteiger partial charge in [-0.3, -0.25) is 15.0 Å². The Hall–Kier alpha value is -2.44. The topological polar surface area (TPSA) is 105 Å². The molecule has 152 valence electrons. The fraction of sp³-hybridized carbons (Fsp3) is 0.524. The number of nitrogens with one attached hydrogen (secondary N) is 2. The monoisotopic (exact) mass is 395 g/mol. The Labute approximate surface area is 168 Å². The van der Waals surface area contributed by atoms with Gasteiger partial charge in [0, 0.05) is 36.2 Å². The van der Waals surface area contributed by atoms with Gasteiger partial charge in [-0.2, -0.15) is 5.26 Å². The van der Waals surface area contributed by atoms with Crippen LogP contribution in [-0.2, 0) is 4.74 Å². The van der Waals surface area contributed by atoms with Gasteiger partial charge in [0.1, 0.15) is 18.3 Å². The fourth-order valence-corrected chi connectivity index (χ4v) is 4.67. The number of aromatic amines is 1. The summed E-state index contributed by atoms with van der Waals surface area (Å²) in [6.07, 6.45) is 1.86. The second-order valence-electron chi connectivity index (χ2n) is 8.38. The molecule has 6 atom stereocenters. The van der Waals surface area contributed by atoms with E-state index in [2.05, 4.69) is 26.2 Å². The summed E-state index contributed by atoms with van der Waals surface area (Å²) >= 11 is 0. The zero-order chi connectivity index (χ0) is 20.3. The van der Waals surface area contributed by atoms with Crippen molar-refractivity contribution in [2.45, 2.75) is 44.2 Å². The molecule has 0 radical (unpaired) electrons. The molecule has 3 aliphatic heterocycles. The number of H-pyrrole nitrogens is 1. The number of aromatic nitrogens is 1. The summed E-state index contributed by atoms with van der Waals surface area (Å²) in [5.74, 6) is 0.528. The highest BCUT2D eigenvalue weighted by Crippen LogP contribution is 2.45. The largest absolute Gasteiger partial charge is 0.508 e. The van der Waals surface area contributed by atoms with Crippen molar-refractivity contribution in [3.63, 3.8) is 0 Å². The minimum absolute atomic E-state index is 0.0692. The van der Waals surface area contributed by atoms with Crippen LogP contribution in [0.3, 0.4) is 0 Å². The van der Waals surface area contributed by atoms with E-state index < -0.39 is 0 Å². The van der Waals surface area contributed by atoms with Crippen molar-refractivity contribution >= 4 is 10.9 Å². The average Bonchev–Trinajstić information content (AvgIpc) is 3.55. The van der Waals surface area contributed by atoms with Gasteiger partial charge >= 0.3 is 0 Å². The first-order valence-electron chi connectivity index (χ1n) is 10.1. The van der Waals surface area contributed by atoms with E-state index in [1.54, 1.807) is 13.2 Å². The van der Waals surface area contributed by atoms with Crippen molar-refractivity contribution in [2.75, 3.05) is 20.3 Å². The molecule has 5 unspecified atom stereocenters. The average molecular weight is 395 g/mol. The Morgan fingerprint density at radius 2 is 2.17 bits per heavy atom. The van der Waals surface area contributed by atoms with E-state index in [1.807, 2.05) is 19.1 Å². The highest BCUT2D eigenvalue weighted by molar-refractivity contribution is 5.82. The van der Waals surface area contributed by atoms with Crippen LogP contribution in [0.1, 0.15) is 42.9 Å². The highest BCUT2D eigenvalue weighted by Gasteiger charge is 2.50. The number of benzene rings is 1. The Morgan fingerprint density at radius 3 is 2.86 bits per heavy atom. The van der Waals surface area contributed by atoms with Gasteiger partial charge in [0.2, 0.25) is 0 Å². The molecule has 8 nitrogen and oxygen atoms in total. The van der Waals surface area contributed by atoms with Crippen molar-refractivity contribution < 1.29 is 9.84 Å². The minimum Gasteiger partial charge on any atom is -0.508 e. The zero-order valence-electron chi connectivity index (χ0n) is 16.6. The van der Waals surface area contributed by atoms with Gasteiger partial charge in [-0.15, -0.1) is 0 Å². The molecule has 1 saturated carbocycles. The van der Waals surface area contributed by atoms with Gasteiger partial charge in [0.05, 0.1) is 18.7 Å². The van der Waals surface area contributed by atoms with Gasteiger partial charge in [-0.05, 0) is 49.4 Å². The summed E-state index contributed by atoms with van der Waals surface area (Å²) < 4.78 is 5.53. The Balaban J connectivity index is 1.39. The van der Waals surface area contributed by atoms with Crippen molar-refractivity contribution in [1.29, 1.82) is 5.26 Å². The molecule has 1 aromatic heterocycles. The smallest absolute Gasteiger partial charge is 0.253 e. The quantitative estimate of drug-likeness (QED) is 0.708. The Morgan fingerprint density at radius 1 is 1.38 bits per heavy atom. The molecule has 29 heavy (non-hydrogen) atoms. The zero-order valence-corrected chi connectivity index (χ0v) is 16.6. The maximum absolute atomic E-state index is 12.8. The maximum Gasteiger partial charge on any atom is 0.253 e. The van der Waals surface area contributed by atoms with E-state index in [1.165, 1.54) is 0 Å². The van der Waals surface area contributed by atoms with E-state index in [9.17, 15) is 15.2 Å². The minimum atomic E-state index is -0.248. The molecule has 4 fully saturated rings. The van der Waals surface area contributed by atoms with Gasteiger partial charge in [0.15, 0.2) is 0 Å². The molecule has 2 aromatic rings. The lowest BCUT2D eigenvalue weighted by Gasteiger charge is -2.59. The van der Waals surface area contributed by atoms with Gasteiger partial charge in [-0.1, -0.05) is 0 Å². The van der Waals surface area contributed by atoms with Crippen molar-refractivity contribution in [2.24, 2.45) is 5.92 Å². The van der Waals surface area contributed by atoms with E-state index in [0.717, 1.165) is 36.0 Å². The van der Waals surface area contributed by atoms with Crippen LogP contribution < -0.4 is 10.9 Å². The van der Waals surface area contributed by atoms with Crippen LogP contribution in [-0.4, -0.2) is 52.7 Å². The number of ether oxygens (including phenoxy) is 1. The van der Waals surface area contributed by atoms with Crippen LogP contribution >= 0.6 is 0 Å². The molecule has 8 heteroatoms. The fourth-order valence-electron chi connectivity index (χ4n) is 4.67. The SMILES string of the molecule is COC1C(C#N)CN2CN1C2N[C@@H](C)c1cc2cc(O)c(C3CC3)cc2[nH]c1=O. The summed E-state index contributed by atoms with van der Waals surface area (Å²) in [5, 5.41) is 24.0. The van der Waals surface area contributed by atoms with E-state index in [4.69, 9.17) is 4.74 Å². The first-order chi connectivity index (χ1) is 14.0. The number of hydrogen-bond acceptors (Lipinski definition) is 7. The first kappa shape index (κ1) is 18.6. The maximum atomic E-state index is 12.8. The third-order valence-electron chi connectivity index (χ3n) is 6.42. The number of hydrogen-bond donors (Lipinski definition) is 3. The molecule has 3 N–H and O–H groups in total. The summed E-state index contributed by atoms with van der Waals surface area (Å²) in [6.45, 7) is 3.34. The lowest BCUT2D eigenvalue weighted by atomic mass is 10.00.